The lowest BCUT2D eigenvalue weighted by atomic mass is 9.96. The van der Waals surface area contributed by atoms with Crippen LogP contribution in [0.25, 0.3) is 33.7 Å². The lowest BCUT2D eigenvalue weighted by Crippen LogP contribution is -2.32. The fourth-order valence-electron chi connectivity index (χ4n) is 5.55. The lowest BCUT2D eigenvalue weighted by Gasteiger charge is -2.26. The summed E-state index contributed by atoms with van der Waals surface area (Å²) >= 11 is 4.33. The summed E-state index contributed by atoms with van der Waals surface area (Å²) in [7, 11) is 0. The molecule has 2 nitrogen and oxygen atoms in total. The van der Waals surface area contributed by atoms with Crippen LogP contribution in [0.15, 0.2) is 122 Å². The molecule has 202 valence electrons. The lowest BCUT2D eigenvalue weighted by molar-refractivity contribution is -0.696. The Labute approximate surface area is 248 Å². The quantitative estimate of drug-likeness (QED) is 0.112. The first-order valence-corrected chi connectivity index (χ1v) is 14.9. The highest BCUT2D eigenvalue weighted by molar-refractivity contribution is 7.80. The van der Waals surface area contributed by atoms with Crippen LogP contribution in [-0.4, -0.2) is 5.75 Å². The van der Waals surface area contributed by atoms with Crippen LogP contribution in [0.1, 0.15) is 28.7 Å². The summed E-state index contributed by atoms with van der Waals surface area (Å²) in [5.41, 5.74) is 8.38. The molecule has 1 aromatic heterocycles. The van der Waals surface area contributed by atoms with Gasteiger partial charge in [-0.15, -0.1) is 0 Å². The third-order valence-corrected chi connectivity index (χ3v) is 7.92. The molecule has 0 spiro atoms. The molecule has 0 saturated carbocycles. The number of thiol groups is 1. The second kappa shape index (κ2) is 12.0. The number of anilines is 3. The maximum atomic E-state index is 4.33. The van der Waals surface area contributed by atoms with Crippen molar-refractivity contribution >= 4 is 63.4 Å². The monoisotopic (exact) mass is 551 g/mol. The summed E-state index contributed by atoms with van der Waals surface area (Å²) in [5, 5.41) is 5.01. The van der Waals surface area contributed by atoms with Crippen molar-refractivity contribution in [2.45, 2.75) is 26.8 Å². The van der Waals surface area contributed by atoms with E-state index in [1.165, 1.54) is 43.8 Å². The Morgan fingerprint density at radius 3 is 1.95 bits per heavy atom. The van der Waals surface area contributed by atoms with Crippen LogP contribution in [0, 0.1) is 13.8 Å². The molecule has 0 saturated heterocycles. The Bertz CT molecular complexity index is 1810. The maximum Gasteiger partial charge on any atom is 0.169 e. The van der Waals surface area contributed by atoms with Crippen LogP contribution in [0.3, 0.4) is 0 Å². The second-order valence-electron chi connectivity index (χ2n) is 10.7. The zero-order valence-corrected chi connectivity index (χ0v) is 24.6. The number of hydrogen-bond acceptors (Lipinski definition) is 2. The molecule has 1 heterocycles. The van der Waals surface area contributed by atoms with Crippen molar-refractivity contribution in [2.75, 3.05) is 10.7 Å². The van der Waals surface area contributed by atoms with Gasteiger partial charge in [-0.1, -0.05) is 66.7 Å². The number of fused-ring (bicyclic) bond motifs is 3. The van der Waals surface area contributed by atoms with Gasteiger partial charge in [-0.3, -0.25) is 0 Å². The minimum Gasteiger partial charge on any atom is -0.310 e. The van der Waals surface area contributed by atoms with E-state index in [1.807, 2.05) is 0 Å². The summed E-state index contributed by atoms with van der Waals surface area (Å²) in [6, 6.07) is 39.7. The number of pyridine rings is 1. The molecule has 5 aromatic carbocycles. The van der Waals surface area contributed by atoms with Crippen LogP contribution < -0.4 is 9.47 Å². The van der Waals surface area contributed by atoms with Gasteiger partial charge in [0.1, 0.15) is 6.54 Å². The standard InChI is InChI=1S/C38H34N2S/c1-28-8-5-10-33(24-28)40(34-11-6-9-29(2)25-34)35-17-16-32-26-31(36-12-3-4-13-37(36)38(32)27-35)15-14-30-18-21-39(22-19-30)20-7-23-41/h3-6,8-19,21-22,24-27H,7,20,23H2,1-2H3/p+1. The summed E-state index contributed by atoms with van der Waals surface area (Å²) in [5.74, 6) is 0.904. The fourth-order valence-corrected chi connectivity index (χ4v) is 5.69. The summed E-state index contributed by atoms with van der Waals surface area (Å²) in [6.07, 6.45) is 9.83. The Morgan fingerprint density at radius 2 is 1.29 bits per heavy atom. The molecule has 0 aliphatic rings. The van der Waals surface area contributed by atoms with Crippen molar-refractivity contribution in [3.63, 3.8) is 0 Å². The predicted molar refractivity (Wildman–Crippen MR) is 180 cm³/mol. The molecule has 0 aliphatic heterocycles. The van der Waals surface area contributed by atoms with E-state index in [9.17, 15) is 0 Å². The normalized spacial score (nSPS) is 11.5. The Hall–Kier alpha value is -4.34. The second-order valence-corrected chi connectivity index (χ2v) is 11.2. The van der Waals surface area contributed by atoms with E-state index in [0.29, 0.717) is 0 Å². The molecular formula is C38H35N2S+. The van der Waals surface area contributed by atoms with Crippen LogP contribution in [0.5, 0.6) is 0 Å². The van der Waals surface area contributed by atoms with Gasteiger partial charge in [-0.2, -0.15) is 12.6 Å². The molecular weight excluding hydrogens is 516 g/mol. The van der Waals surface area contributed by atoms with E-state index >= 15 is 0 Å². The number of rotatable bonds is 8. The van der Waals surface area contributed by atoms with Gasteiger partial charge < -0.3 is 4.90 Å². The molecule has 0 radical (unpaired) electrons. The van der Waals surface area contributed by atoms with Crippen molar-refractivity contribution in [3.05, 3.63) is 144 Å². The maximum absolute atomic E-state index is 4.33. The number of nitrogens with zero attached hydrogens (tertiary/aromatic N) is 2. The van der Waals surface area contributed by atoms with Crippen molar-refractivity contribution in [2.24, 2.45) is 0 Å². The molecule has 3 heteroatoms. The molecule has 0 aliphatic carbocycles. The summed E-state index contributed by atoms with van der Waals surface area (Å²) in [4.78, 5) is 2.36. The van der Waals surface area contributed by atoms with Gasteiger partial charge in [0.25, 0.3) is 0 Å². The van der Waals surface area contributed by atoms with Gasteiger partial charge in [0, 0.05) is 35.6 Å². The van der Waals surface area contributed by atoms with Crippen molar-refractivity contribution in [1.82, 2.24) is 0 Å². The highest BCUT2D eigenvalue weighted by Crippen LogP contribution is 2.39. The largest absolute Gasteiger partial charge is 0.310 e. The van der Waals surface area contributed by atoms with Gasteiger partial charge in [-0.05, 0) is 106 Å². The zero-order chi connectivity index (χ0) is 28.2. The Balaban J connectivity index is 1.43. The van der Waals surface area contributed by atoms with Gasteiger partial charge in [0.15, 0.2) is 12.4 Å². The minimum absolute atomic E-state index is 0.904. The van der Waals surface area contributed by atoms with Crippen LogP contribution in [-0.2, 0) is 6.54 Å². The average molecular weight is 552 g/mol. The van der Waals surface area contributed by atoms with Gasteiger partial charge in [0.05, 0.1) is 0 Å². The highest BCUT2D eigenvalue weighted by Gasteiger charge is 2.15. The van der Waals surface area contributed by atoms with Crippen LogP contribution >= 0.6 is 12.6 Å². The molecule has 0 N–H and O–H groups in total. The molecule has 0 atom stereocenters. The molecule has 41 heavy (non-hydrogen) atoms. The minimum atomic E-state index is 0.904. The van der Waals surface area contributed by atoms with Crippen LogP contribution in [0.2, 0.25) is 0 Å². The molecule has 6 rings (SSSR count). The van der Waals surface area contributed by atoms with E-state index in [-0.39, 0.29) is 0 Å². The molecule has 6 aromatic rings. The van der Waals surface area contributed by atoms with Gasteiger partial charge in [-0.25, -0.2) is 4.57 Å². The van der Waals surface area contributed by atoms with Gasteiger partial charge >= 0.3 is 0 Å². The Morgan fingerprint density at radius 1 is 0.634 bits per heavy atom. The van der Waals surface area contributed by atoms with Crippen molar-refractivity contribution < 1.29 is 4.57 Å². The molecule has 0 unspecified atom stereocenters. The number of hydrogen-bond donors (Lipinski definition) is 1. The van der Waals surface area contributed by atoms with E-state index in [0.717, 1.165) is 35.8 Å². The number of aryl methyl sites for hydroxylation is 3. The molecule has 0 fully saturated rings. The van der Waals surface area contributed by atoms with E-state index < -0.39 is 0 Å². The van der Waals surface area contributed by atoms with E-state index in [2.05, 4.69) is 170 Å². The molecule has 0 bridgehead atoms. The SMILES string of the molecule is Cc1cccc(N(c2cccc(C)c2)c2ccc3cc(/C=C/c4cc[n+](CCCS)cc4)c4ccccc4c3c2)c1. The predicted octanol–water partition coefficient (Wildman–Crippen LogP) is 9.86. The van der Waals surface area contributed by atoms with Crippen LogP contribution in [0.4, 0.5) is 17.1 Å². The van der Waals surface area contributed by atoms with E-state index in [1.54, 1.807) is 0 Å². The fraction of sp³-hybridized carbons (Fsp3) is 0.132. The summed E-state index contributed by atoms with van der Waals surface area (Å²) in [6.45, 7) is 5.30. The average Bonchev–Trinajstić information content (AvgIpc) is 3.00. The Kier molecular flexibility index (Phi) is 7.89. The first-order chi connectivity index (χ1) is 20.1. The number of benzene rings is 5. The first-order valence-electron chi connectivity index (χ1n) is 14.3. The third kappa shape index (κ3) is 5.91. The third-order valence-electron chi connectivity index (χ3n) is 7.60. The van der Waals surface area contributed by atoms with Gasteiger partial charge in [0.2, 0.25) is 0 Å². The molecule has 0 amide bonds. The smallest absolute Gasteiger partial charge is 0.169 e. The topological polar surface area (TPSA) is 7.12 Å². The van der Waals surface area contributed by atoms with Crippen molar-refractivity contribution in [1.29, 1.82) is 0 Å². The zero-order valence-electron chi connectivity index (χ0n) is 23.7. The summed E-state index contributed by atoms with van der Waals surface area (Å²) < 4.78 is 2.22. The first kappa shape index (κ1) is 26.9. The number of aromatic nitrogens is 1. The van der Waals surface area contributed by atoms with Crippen molar-refractivity contribution in [3.8, 4) is 0 Å². The van der Waals surface area contributed by atoms with E-state index in [4.69, 9.17) is 0 Å². The highest BCUT2D eigenvalue weighted by atomic mass is 32.1.